The van der Waals surface area contributed by atoms with Crippen LogP contribution in [0.25, 0.3) is 11.1 Å². The number of anilines is 2. The molecule has 1 aliphatic heterocycles. The molecule has 13 heteroatoms. The summed E-state index contributed by atoms with van der Waals surface area (Å²) in [6.45, 7) is 2.93. The number of nitrogens with two attached hydrogens (primary N) is 1. The van der Waals surface area contributed by atoms with Crippen molar-refractivity contribution in [2.45, 2.75) is 13.1 Å². The van der Waals surface area contributed by atoms with Gasteiger partial charge in [-0.05, 0) is 41.8 Å². The first-order chi connectivity index (χ1) is 17.7. The Balaban J connectivity index is 1.81. The molecule has 1 aliphatic rings. The molecule has 1 aromatic carbocycles. The minimum absolute atomic E-state index is 0.0863. The van der Waals surface area contributed by atoms with Crippen molar-refractivity contribution in [2.24, 2.45) is 10.7 Å². The van der Waals surface area contributed by atoms with Gasteiger partial charge in [-0.3, -0.25) is 4.99 Å². The van der Waals surface area contributed by atoms with E-state index in [2.05, 4.69) is 25.5 Å². The highest BCUT2D eigenvalue weighted by atomic mass is 19.4. The number of carbonyl (C=O) groups excluding carboxylic acids is 1. The number of pyridine rings is 1. The summed E-state index contributed by atoms with van der Waals surface area (Å²) in [5, 5.41) is 14.2. The van der Waals surface area contributed by atoms with Gasteiger partial charge in [0.05, 0.1) is 25.5 Å². The smallest absolute Gasteiger partial charge is 0.407 e. The Morgan fingerprint density at radius 3 is 2.73 bits per heavy atom. The largest absolute Gasteiger partial charge is 0.475 e. The van der Waals surface area contributed by atoms with Gasteiger partial charge in [0.25, 0.3) is 0 Å². The number of morpholine rings is 1. The van der Waals surface area contributed by atoms with Crippen LogP contribution >= 0.6 is 0 Å². The van der Waals surface area contributed by atoms with Crippen molar-refractivity contribution in [3.05, 3.63) is 47.8 Å². The van der Waals surface area contributed by atoms with Gasteiger partial charge in [0, 0.05) is 37.3 Å². The van der Waals surface area contributed by atoms with Crippen LogP contribution < -0.4 is 26.0 Å². The van der Waals surface area contributed by atoms with Gasteiger partial charge in [-0.15, -0.1) is 0 Å². The highest BCUT2D eigenvalue weighted by Crippen LogP contribution is 2.32. The van der Waals surface area contributed by atoms with E-state index in [1.807, 2.05) is 19.1 Å². The predicted molar refractivity (Wildman–Crippen MR) is 134 cm³/mol. The average Bonchev–Trinajstić information content (AvgIpc) is 2.87. The number of hydrogen-bond acceptors (Lipinski definition) is 8. The van der Waals surface area contributed by atoms with Crippen LogP contribution in [0.3, 0.4) is 0 Å². The SMILES string of the molecule is Cc1ccc(NC(=O)N/C(C=NCC(F)(F)F)=C/N)cc1-c1cc(OCCO)nc(N2CCOCC2)c1. The van der Waals surface area contributed by atoms with E-state index in [1.54, 1.807) is 18.2 Å². The molecule has 0 radical (unpaired) electrons. The second-order valence-corrected chi connectivity index (χ2v) is 8.04. The summed E-state index contributed by atoms with van der Waals surface area (Å²) in [5.41, 5.74) is 8.23. The first kappa shape index (κ1) is 27.7. The number of rotatable bonds is 9. The quantitative estimate of drug-likeness (QED) is 0.372. The molecule has 3 rings (SSSR count). The van der Waals surface area contributed by atoms with Crippen LogP contribution in [0.1, 0.15) is 5.56 Å². The van der Waals surface area contributed by atoms with E-state index in [-0.39, 0.29) is 18.9 Å². The lowest BCUT2D eigenvalue weighted by Gasteiger charge is -2.28. The van der Waals surface area contributed by atoms with E-state index in [0.29, 0.717) is 43.7 Å². The fraction of sp³-hybridized carbons (Fsp3) is 0.375. The summed E-state index contributed by atoms with van der Waals surface area (Å²) in [6.07, 6.45) is -2.68. The number of alkyl halides is 3. The van der Waals surface area contributed by atoms with Crippen molar-refractivity contribution in [2.75, 3.05) is 56.3 Å². The fourth-order valence-electron chi connectivity index (χ4n) is 3.49. The zero-order valence-corrected chi connectivity index (χ0v) is 20.2. The maximum absolute atomic E-state index is 12.4. The van der Waals surface area contributed by atoms with E-state index in [1.165, 1.54) is 0 Å². The number of amides is 2. The number of nitrogens with zero attached hydrogens (tertiary/aromatic N) is 3. The van der Waals surface area contributed by atoms with Crippen LogP contribution in [0.2, 0.25) is 0 Å². The normalized spacial score (nSPS) is 14.6. The lowest BCUT2D eigenvalue weighted by molar-refractivity contribution is -0.118. The zero-order chi connectivity index (χ0) is 26.8. The molecule has 2 amide bonds. The van der Waals surface area contributed by atoms with Crippen LogP contribution in [-0.2, 0) is 4.74 Å². The lowest BCUT2D eigenvalue weighted by Crippen LogP contribution is -2.36. The Hall–Kier alpha value is -3.84. The van der Waals surface area contributed by atoms with Gasteiger partial charge in [-0.25, -0.2) is 4.79 Å². The summed E-state index contributed by atoms with van der Waals surface area (Å²) < 4.78 is 47.9. The third-order valence-corrected chi connectivity index (χ3v) is 5.21. The molecule has 1 saturated heterocycles. The summed E-state index contributed by atoms with van der Waals surface area (Å²) in [6, 6.07) is 8.22. The number of aryl methyl sites for hydroxylation is 1. The van der Waals surface area contributed by atoms with Crippen molar-refractivity contribution < 1.29 is 32.5 Å². The van der Waals surface area contributed by atoms with Gasteiger partial charge in [-0.1, -0.05) is 6.07 Å². The number of aromatic nitrogens is 1. The second kappa shape index (κ2) is 12.9. The Morgan fingerprint density at radius 1 is 1.30 bits per heavy atom. The molecule has 0 atom stereocenters. The average molecular weight is 523 g/mol. The third-order valence-electron chi connectivity index (χ3n) is 5.21. The first-order valence-electron chi connectivity index (χ1n) is 11.4. The molecule has 10 nitrogen and oxygen atoms in total. The minimum atomic E-state index is -4.46. The van der Waals surface area contributed by atoms with Crippen LogP contribution in [-0.4, -0.2) is 74.6 Å². The topological polar surface area (TPSA) is 134 Å². The number of hydrogen-bond donors (Lipinski definition) is 4. The number of aliphatic imine (C=N–C) groups is 1. The molecule has 0 saturated carbocycles. The predicted octanol–water partition coefficient (Wildman–Crippen LogP) is 2.82. The van der Waals surface area contributed by atoms with Crippen LogP contribution in [0.15, 0.2) is 47.2 Å². The van der Waals surface area contributed by atoms with Crippen molar-refractivity contribution >= 4 is 23.8 Å². The van der Waals surface area contributed by atoms with Crippen molar-refractivity contribution in [1.29, 1.82) is 0 Å². The second-order valence-electron chi connectivity index (χ2n) is 8.04. The fourth-order valence-corrected chi connectivity index (χ4v) is 3.49. The maximum Gasteiger partial charge on any atom is 0.407 e. The first-order valence-corrected chi connectivity index (χ1v) is 11.4. The summed E-state index contributed by atoms with van der Waals surface area (Å²) >= 11 is 0. The number of benzene rings is 1. The number of urea groups is 1. The van der Waals surface area contributed by atoms with Crippen molar-refractivity contribution in [3.63, 3.8) is 0 Å². The third kappa shape index (κ3) is 8.65. The van der Waals surface area contributed by atoms with Gasteiger partial charge < -0.3 is 35.8 Å². The van der Waals surface area contributed by atoms with Gasteiger partial charge in [0.2, 0.25) is 5.88 Å². The molecule has 5 N–H and O–H groups in total. The van der Waals surface area contributed by atoms with Crippen LogP contribution in [0.5, 0.6) is 5.88 Å². The van der Waals surface area contributed by atoms with E-state index < -0.39 is 18.8 Å². The van der Waals surface area contributed by atoms with E-state index in [0.717, 1.165) is 29.1 Å². The van der Waals surface area contributed by atoms with Gasteiger partial charge in [-0.2, -0.15) is 18.2 Å². The standard InChI is InChI=1S/C24H29F3N6O4/c1-16-2-3-18(30-23(35)31-19(13-28)14-29-15-24(25,26)27)12-20(16)17-10-21(33-4-7-36-8-5-33)32-22(11-17)37-9-6-34/h2-3,10-14,34H,4-9,15,28H2,1H3,(H2,30,31,35)/b19-13+,29-14?. The Kier molecular flexibility index (Phi) is 9.69. The highest BCUT2D eigenvalue weighted by Gasteiger charge is 2.26. The number of ether oxygens (including phenoxy) is 2. The number of nitrogens with one attached hydrogen (secondary N) is 2. The van der Waals surface area contributed by atoms with Crippen molar-refractivity contribution in [3.8, 4) is 17.0 Å². The van der Waals surface area contributed by atoms with E-state index >= 15 is 0 Å². The van der Waals surface area contributed by atoms with Gasteiger partial charge in [0.15, 0.2) is 0 Å². The minimum Gasteiger partial charge on any atom is -0.475 e. The molecule has 1 aromatic heterocycles. The summed E-state index contributed by atoms with van der Waals surface area (Å²) in [4.78, 5) is 22.3. The molecule has 2 aromatic rings. The van der Waals surface area contributed by atoms with Gasteiger partial charge >= 0.3 is 12.2 Å². The molecule has 0 spiro atoms. The Morgan fingerprint density at radius 2 is 2.05 bits per heavy atom. The number of aliphatic hydroxyl groups is 1. The molecule has 1 fully saturated rings. The molecule has 0 aliphatic carbocycles. The number of halogens is 3. The number of carbonyl (C=O) groups is 1. The number of aliphatic hydroxyl groups excluding tert-OH is 1. The molecule has 0 bridgehead atoms. The monoisotopic (exact) mass is 522 g/mol. The van der Waals surface area contributed by atoms with Crippen LogP contribution in [0, 0.1) is 6.92 Å². The van der Waals surface area contributed by atoms with E-state index in [4.69, 9.17) is 20.3 Å². The molecule has 200 valence electrons. The molecule has 0 unspecified atom stereocenters. The van der Waals surface area contributed by atoms with Crippen molar-refractivity contribution in [1.82, 2.24) is 10.3 Å². The van der Waals surface area contributed by atoms with Gasteiger partial charge in [0.1, 0.15) is 19.0 Å². The molecular weight excluding hydrogens is 493 g/mol. The number of allylic oxidation sites excluding steroid dienone is 1. The Labute approximate surface area is 212 Å². The van der Waals surface area contributed by atoms with Crippen LogP contribution in [0.4, 0.5) is 29.5 Å². The molecule has 37 heavy (non-hydrogen) atoms. The molecule has 2 heterocycles. The zero-order valence-electron chi connectivity index (χ0n) is 20.2. The maximum atomic E-state index is 12.4. The lowest BCUT2D eigenvalue weighted by atomic mass is 10.0. The summed E-state index contributed by atoms with van der Waals surface area (Å²) in [5.74, 6) is 1.04. The summed E-state index contributed by atoms with van der Waals surface area (Å²) in [7, 11) is 0. The molecular formula is C24H29F3N6O4. The Bertz CT molecular complexity index is 1130. The highest BCUT2D eigenvalue weighted by molar-refractivity contribution is 5.95. The van der Waals surface area contributed by atoms with E-state index in [9.17, 15) is 18.0 Å².